The Hall–Kier alpha value is -5.68. The van der Waals surface area contributed by atoms with E-state index in [2.05, 4.69) is 4.72 Å². The fraction of sp³-hybridized carbons (Fsp3) is 0.139. The Balaban J connectivity index is 1.53. The van der Waals surface area contributed by atoms with E-state index >= 15 is 0 Å². The van der Waals surface area contributed by atoms with Gasteiger partial charge in [-0.1, -0.05) is 60.2 Å². The third-order valence-electron chi connectivity index (χ3n) is 7.88. The standard InChI is InChI=1S/C36H32N4O6S/c1-3-46-31-18-16-29(17-19-31)39-35(27-10-7-11-30(22-27)40(42)43)38(24-26-8-5-4-6-9-26)34-21-20-32(23-33(34)36(39)41)47(44,45)37-28-14-12-25(2)13-15-28/h4-23,35,37H,3,24H2,1-2H3/t35-/m1/s1. The molecule has 6 rings (SSSR count). The monoisotopic (exact) mass is 648 g/mol. The van der Waals surface area contributed by atoms with Crippen molar-refractivity contribution >= 4 is 38.7 Å². The smallest absolute Gasteiger partial charge is 0.269 e. The van der Waals surface area contributed by atoms with Gasteiger partial charge in [-0.3, -0.25) is 24.5 Å². The molecule has 1 aliphatic rings. The zero-order valence-corrected chi connectivity index (χ0v) is 26.6. The number of rotatable bonds is 10. The van der Waals surface area contributed by atoms with Crippen molar-refractivity contribution in [1.82, 2.24) is 0 Å². The summed E-state index contributed by atoms with van der Waals surface area (Å²) >= 11 is 0. The first kappa shape index (κ1) is 31.3. The number of sulfonamides is 1. The van der Waals surface area contributed by atoms with Gasteiger partial charge >= 0.3 is 0 Å². The number of nitrogens with zero attached hydrogens (tertiary/aromatic N) is 3. The summed E-state index contributed by atoms with van der Waals surface area (Å²) in [6.07, 6.45) is -0.818. The zero-order chi connectivity index (χ0) is 33.1. The number of fused-ring (bicyclic) bond motifs is 1. The van der Waals surface area contributed by atoms with Crippen molar-refractivity contribution in [2.45, 2.75) is 31.5 Å². The van der Waals surface area contributed by atoms with Crippen LogP contribution in [0.4, 0.5) is 22.7 Å². The second kappa shape index (κ2) is 13.0. The molecule has 5 aromatic rings. The number of nitro groups is 1. The fourth-order valence-corrected chi connectivity index (χ4v) is 6.74. The van der Waals surface area contributed by atoms with Crippen molar-refractivity contribution in [2.24, 2.45) is 0 Å². The molecule has 1 aliphatic heterocycles. The summed E-state index contributed by atoms with van der Waals surface area (Å²) < 4.78 is 35.4. The van der Waals surface area contributed by atoms with E-state index in [1.54, 1.807) is 71.6 Å². The molecule has 1 N–H and O–H groups in total. The van der Waals surface area contributed by atoms with Gasteiger partial charge in [0.1, 0.15) is 11.9 Å². The lowest BCUT2D eigenvalue weighted by Crippen LogP contribution is -2.49. The van der Waals surface area contributed by atoms with E-state index < -0.39 is 27.0 Å². The molecule has 0 bridgehead atoms. The van der Waals surface area contributed by atoms with Crippen LogP contribution in [0, 0.1) is 17.0 Å². The summed E-state index contributed by atoms with van der Waals surface area (Å²) in [4.78, 5) is 29.4. The number of anilines is 3. The van der Waals surface area contributed by atoms with E-state index in [0.717, 1.165) is 11.1 Å². The van der Waals surface area contributed by atoms with Crippen LogP contribution in [0.3, 0.4) is 0 Å². The Morgan fingerprint density at radius 2 is 1.60 bits per heavy atom. The number of hydrogen-bond acceptors (Lipinski definition) is 7. The van der Waals surface area contributed by atoms with Crippen LogP contribution in [0.25, 0.3) is 0 Å². The van der Waals surface area contributed by atoms with E-state index in [4.69, 9.17) is 4.74 Å². The van der Waals surface area contributed by atoms with Crippen molar-refractivity contribution in [3.8, 4) is 5.75 Å². The van der Waals surface area contributed by atoms with E-state index in [0.29, 0.717) is 41.5 Å². The van der Waals surface area contributed by atoms with Crippen molar-refractivity contribution in [3.05, 3.63) is 154 Å². The van der Waals surface area contributed by atoms with Gasteiger partial charge in [0.05, 0.1) is 27.7 Å². The molecule has 5 aromatic carbocycles. The van der Waals surface area contributed by atoms with Gasteiger partial charge in [-0.15, -0.1) is 0 Å². The van der Waals surface area contributed by atoms with Gasteiger partial charge in [-0.05, 0) is 74.0 Å². The lowest BCUT2D eigenvalue weighted by Gasteiger charge is -2.46. The number of ether oxygens (including phenoxy) is 1. The largest absolute Gasteiger partial charge is 0.494 e. The highest BCUT2D eigenvalue weighted by molar-refractivity contribution is 7.92. The van der Waals surface area contributed by atoms with Crippen molar-refractivity contribution in [3.63, 3.8) is 0 Å². The van der Waals surface area contributed by atoms with Crippen LogP contribution in [0.15, 0.2) is 126 Å². The zero-order valence-electron chi connectivity index (χ0n) is 25.7. The highest BCUT2D eigenvalue weighted by Crippen LogP contribution is 2.44. The summed E-state index contributed by atoms with van der Waals surface area (Å²) in [5.41, 5.74) is 3.87. The molecule has 47 heavy (non-hydrogen) atoms. The molecule has 0 fully saturated rings. The molecular formula is C36H32N4O6S. The highest BCUT2D eigenvalue weighted by atomic mass is 32.2. The normalized spacial score (nSPS) is 14.4. The summed E-state index contributed by atoms with van der Waals surface area (Å²) in [6, 6.07) is 34.3. The van der Waals surface area contributed by atoms with Crippen LogP contribution in [0.2, 0.25) is 0 Å². The van der Waals surface area contributed by atoms with Gasteiger partial charge in [0.25, 0.3) is 21.6 Å². The summed E-state index contributed by atoms with van der Waals surface area (Å²) in [6.45, 7) is 4.56. The third-order valence-corrected chi connectivity index (χ3v) is 9.26. The van der Waals surface area contributed by atoms with Crippen LogP contribution in [-0.4, -0.2) is 25.9 Å². The minimum atomic E-state index is -4.07. The number of amides is 1. The van der Waals surface area contributed by atoms with Crippen LogP contribution >= 0.6 is 0 Å². The van der Waals surface area contributed by atoms with Gasteiger partial charge in [0.15, 0.2) is 0 Å². The number of nitrogens with one attached hydrogen (secondary N) is 1. The lowest BCUT2D eigenvalue weighted by atomic mass is 9.98. The average Bonchev–Trinajstić information content (AvgIpc) is 3.07. The molecule has 0 spiro atoms. The van der Waals surface area contributed by atoms with E-state index in [1.165, 1.54) is 24.3 Å². The average molecular weight is 649 g/mol. The molecular weight excluding hydrogens is 616 g/mol. The summed E-state index contributed by atoms with van der Waals surface area (Å²) in [7, 11) is -4.07. The summed E-state index contributed by atoms with van der Waals surface area (Å²) in [5, 5.41) is 11.8. The molecule has 0 aromatic heterocycles. The Kier molecular flexibility index (Phi) is 8.64. The first-order valence-electron chi connectivity index (χ1n) is 15.0. The molecule has 0 saturated heterocycles. The molecule has 0 unspecified atom stereocenters. The van der Waals surface area contributed by atoms with Crippen molar-refractivity contribution < 1.29 is 22.9 Å². The van der Waals surface area contributed by atoms with E-state index in [9.17, 15) is 23.3 Å². The van der Waals surface area contributed by atoms with E-state index in [1.807, 2.05) is 49.1 Å². The molecule has 1 atom stereocenters. The Morgan fingerprint density at radius 3 is 2.28 bits per heavy atom. The number of nitro benzene ring substituents is 1. The molecule has 1 heterocycles. The van der Waals surface area contributed by atoms with E-state index in [-0.39, 0.29) is 16.1 Å². The van der Waals surface area contributed by atoms with Crippen molar-refractivity contribution in [1.29, 1.82) is 0 Å². The second-order valence-corrected chi connectivity index (χ2v) is 12.8. The van der Waals surface area contributed by atoms with Crippen LogP contribution in [-0.2, 0) is 16.6 Å². The molecule has 238 valence electrons. The Bertz CT molecular complexity index is 2040. The maximum absolute atomic E-state index is 14.6. The SMILES string of the molecule is CCOc1ccc(N2C(=O)c3cc(S(=O)(=O)Nc4ccc(C)cc4)ccc3N(Cc3ccccc3)[C@H]2c2cccc([N+](=O)[O-])c2)cc1. The topological polar surface area (TPSA) is 122 Å². The number of hydrogen-bond donors (Lipinski definition) is 1. The van der Waals surface area contributed by atoms with Gasteiger partial charge < -0.3 is 9.64 Å². The molecule has 0 aliphatic carbocycles. The molecule has 11 heteroatoms. The minimum absolute atomic E-state index is 0.0784. The quantitative estimate of drug-likeness (QED) is 0.123. The first-order valence-corrected chi connectivity index (χ1v) is 16.5. The van der Waals surface area contributed by atoms with Gasteiger partial charge in [0, 0.05) is 35.6 Å². The van der Waals surface area contributed by atoms with Crippen LogP contribution in [0.1, 0.15) is 40.1 Å². The minimum Gasteiger partial charge on any atom is -0.494 e. The van der Waals surface area contributed by atoms with Gasteiger partial charge in [-0.2, -0.15) is 0 Å². The molecule has 0 saturated carbocycles. The molecule has 1 amide bonds. The Morgan fingerprint density at radius 1 is 0.872 bits per heavy atom. The number of aryl methyl sites for hydroxylation is 1. The predicted molar refractivity (Wildman–Crippen MR) is 181 cm³/mol. The Labute approximate surface area is 273 Å². The maximum atomic E-state index is 14.6. The molecule has 0 radical (unpaired) electrons. The van der Waals surface area contributed by atoms with Crippen molar-refractivity contribution in [2.75, 3.05) is 21.1 Å². The third kappa shape index (κ3) is 6.52. The number of carbonyl (C=O) groups is 1. The van der Waals surface area contributed by atoms with Gasteiger partial charge in [-0.25, -0.2) is 8.42 Å². The highest BCUT2D eigenvalue weighted by Gasteiger charge is 2.41. The number of carbonyl (C=O) groups excluding carboxylic acids is 1. The summed E-state index contributed by atoms with van der Waals surface area (Å²) in [5.74, 6) is 0.155. The molecule has 10 nitrogen and oxygen atoms in total. The lowest BCUT2D eigenvalue weighted by molar-refractivity contribution is -0.384. The maximum Gasteiger partial charge on any atom is 0.269 e. The first-order chi connectivity index (χ1) is 22.6. The second-order valence-electron chi connectivity index (χ2n) is 11.1. The predicted octanol–water partition coefficient (Wildman–Crippen LogP) is 7.47. The number of benzene rings is 5. The van der Waals surface area contributed by atoms with Gasteiger partial charge in [0.2, 0.25) is 0 Å². The fourth-order valence-electron chi connectivity index (χ4n) is 5.66. The number of non-ortho nitro benzene ring substituents is 1. The van der Waals surface area contributed by atoms with Crippen LogP contribution in [0.5, 0.6) is 5.75 Å². The van der Waals surface area contributed by atoms with Crippen LogP contribution < -0.4 is 19.3 Å².